The number of aryl methyl sites for hydroxylation is 1. The molecular weight excluding hydrogens is 623 g/mol. The maximum Gasteiger partial charge on any atom is 0.357 e. The van der Waals surface area contributed by atoms with Crippen LogP contribution in [0.3, 0.4) is 0 Å². The number of carbonyl (C=O) groups is 2. The molecule has 1 saturated heterocycles. The van der Waals surface area contributed by atoms with Gasteiger partial charge in [-0.2, -0.15) is 0 Å². The average molecular weight is 664 g/mol. The van der Waals surface area contributed by atoms with Gasteiger partial charge < -0.3 is 14.4 Å². The van der Waals surface area contributed by atoms with E-state index in [9.17, 15) is 9.59 Å². The van der Waals surface area contributed by atoms with E-state index >= 15 is 0 Å². The number of unbranched alkanes of at least 4 members (excludes halogenated alkanes) is 7. The average Bonchev–Trinajstić information content (AvgIpc) is 3.61. The molecule has 0 N–H and O–H groups in total. The van der Waals surface area contributed by atoms with Crippen LogP contribution in [0.25, 0.3) is 0 Å². The number of likely N-dealkylation sites (tertiary alicyclic amines) is 1. The Bertz CT molecular complexity index is 1270. The summed E-state index contributed by atoms with van der Waals surface area (Å²) in [4.78, 5) is 31.2. The van der Waals surface area contributed by atoms with Crippen molar-refractivity contribution in [1.29, 1.82) is 0 Å². The summed E-state index contributed by atoms with van der Waals surface area (Å²) in [6.45, 7) is 1.40. The molecule has 4 rings (SSSR count). The number of carbonyl (C=O) groups excluding carboxylic acids is 2. The number of halogens is 2. The number of thioether (sulfide) groups is 1. The molecule has 1 amide bonds. The second-order valence-electron chi connectivity index (χ2n) is 10.7. The Morgan fingerprint density at radius 3 is 2.42 bits per heavy atom. The van der Waals surface area contributed by atoms with Crippen LogP contribution in [-0.2, 0) is 16.0 Å². The van der Waals surface area contributed by atoms with Crippen molar-refractivity contribution in [3.05, 3.63) is 75.2 Å². The molecule has 0 bridgehead atoms. The van der Waals surface area contributed by atoms with E-state index < -0.39 is 0 Å². The summed E-state index contributed by atoms with van der Waals surface area (Å²) in [5.41, 5.74) is 1.78. The van der Waals surface area contributed by atoms with E-state index in [1.807, 2.05) is 4.90 Å². The molecule has 10 heteroatoms. The molecule has 1 aliphatic rings. The van der Waals surface area contributed by atoms with Crippen molar-refractivity contribution in [2.75, 3.05) is 25.5 Å². The van der Waals surface area contributed by atoms with E-state index in [0.717, 1.165) is 23.6 Å². The summed E-state index contributed by atoms with van der Waals surface area (Å²) in [7, 11) is 0. The van der Waals surface area contributed by atoms with Crippen LogP contribution in [0.4, 0.5) is 0 Å². The quantitative estimate of drug-likeness (QED) is 0.0724. The number of thiazole rings is 1. The lowest BCUT2D eigenvalue weighted by Gasteiger charge is -2.24. The number of rotatable bonds is 19. The van der Waals surface area contributed by atoms with E-state index in [2.05, 4.69) is 35.3 Å². The predicted octanol–water partition coefficient (Wildman–Crippen LogP) is 9.13. The molecule has 232 valence electrons. The fourth-order valence-electron chi connectivity index (χ4n) is 5.10. The molecule has 0 aliphatic carbocycles. The standard InChI is InChI=1S/C33H40Cl2N2O4S2/c34-26-20-27(35)22-29(21-26)41-23-28-15-16-31(38)37(28)17-19-42-33-36-30(24-43-33)32(39)40-18-11-6-4-2-1-3-5-8-12-25-13-9-7-10-14-25/h7,9-10,13-14,20-22,24,28H,1-6,8,11-12,15-19,23H2/t28-/m1/s1. The number of nitrogens with zero attached hydrogens (tertiary/aromatic N) is 2. The molecule has 1 fully saturated rings. The summed E-state index contributed by atoms with van der Waals surface area (Å²) >= 11 is 15.1. The second kappa shape index (κ2) is 18.5. The topological polar surface area (TPSA) is 68.7 Å². The first-order chi connectivity index (χ1) is 21.0. The zero-order valence-electron chi connectivity index (χ0n) is 24.5. The molecule has 2 heterocycles. The van der Waals surface area contributed by atoms with Crippen LogP contribution in [0.15, 0.2) is 58.3 Å². The molecule has 1 atom stereocenters. The summed E-state index contributed by atoms with van der Waals surface area (Å²) in [6.07, 6.45) is 11.9. The maximum atomic E-state index is 12.5. The molecule has 0 radical (unpaired) electrons. The van der Waals surface area contributed by atoms with Crippen molar-refractivity contribution in [2.45, 2.75) is 81.0 Å². The number of ether oxygens (including phenoxy) is 2. The first-order valence-corrected chi connectivity index (χ1v) is 17.8. The monoisotopic (exact) mass is 662 g/mol. The Hall–Kier alpha value is -2.26. The molecule has 0 spiro atoms. The van der Waals surface area contributed by atoms with Crippen molar-refractivity contribution >= 4 is 58.2 Å². The van der Waals surface area contributed by atoms with Gasteiger partial charge >= 0.3 is 5.97 Å². The van der Waals surface area contributed by atoms with Crippen molar-refractivity contribution in [1.82, 2.24) is 9.88 Å². The van der Waals surface area contributed by atoms with E-state index in [0.29, 0.717) is 53.4 Å². The van der Waals surface area contributed by atoms with Gasteiger partial charge in [-0.1, -0.05) is 104 Å². The lowest BCUT2D eigenvalue weighted by Crippen LogP contribution is -2.38. The third kappa shape index (κ3) is 12.0. The minimum atomic E-state index is -0.366. The van der Waals surface area contributed by atoms with E-state index in [-0.39, 0.29) is 17.9 Å². The Labute approximate surface area is 273 Å². The summed E-state index contributed by atoms with van der Waals surface area (Å²) in [5, 5.41) is 2.77. The van der Waals surface area contributed by atoms with Crippen LogP contribution >= 0.6 is 46.3 Å². The van der Waals surface area contributed by atoms with Crippen LogP contribution in [0.2, 0.25) is 10.0 Å². The number of esters is 1. The van der Waals surface area contributed by atoms with Gasteiger partial charge in [-0.3, -0.25) is 4.79 Å². The number of benzene rings is 2. The fourth-order valence-corrected chi connectivity index (χ4v) is 7.41. The zero-order valence-corrected chi connectivity index (χ0v) is 27.6. The molecule has 1 aliphatic heterocycles. The normalized spacial score (nSPS) is 14.8. The Morgan fingerprint density at radius 2 is 1.67 bits per heavy atom. The Kier molecular flexibility index (Phi) is 14.5. The van der Waals surface area contributed by atoms with Crippen molar-refractivity contribution in [2.24, 2.45) is 0 Å². The van der Waals surface area contributed by atoms with Gasteiger partial charge in [0.15, 0.2) is 10.0 Å². The first kappa shape index (κ1) is 33.6. The number of aromatic nitrogens is 1. The zero-order chi connectivity index (χ0) is 30.3. The predicted molar refractivity (Wildman–Crippen MR) is 177 cm³/mol. The van der Waals surface area contributed by atoms with Crippen molar-refractivity contribution < 1.29 is 19.1 Å². The van der Waals surface area contributed by atoms with Gasteiger partial charge in [0.2, 0.25) is 5.91 Å². The molecule has 0 saturated carbocycles. The lowest BCUT2D eigenvalue weighted by molar-refractivity contribution is -0.129. The van der Waals surface area contributed by atoms with Gasteiger partial charge in [0, 0.05) is 34.1 Å². The smallest absolute Gasteiger partial charge is 0.357 e. The minimum Gasteiger partial charge on any atom is -0.491 e. The summed E-state index contributed by atoms with van der Waals surface area (Å²) in [6, 6.07) is 15.8. The highest BCUT2D eigenvalue weighted by atomic mass is 35.5. The Balaban J connectivity index is 1.04. The van der Waals surface area contributed by atoms with E-state index in [4.69, 9.17) is 32.7 Å². The molecule has 1 aromatic heterocycles. The van der Waals surface area contributed by atoms with E-state index in [1.54, 1.807) is 35.3 Å². The van der Waals surface area contributed by atoms with Gasteiger partial charge in [-0.15, -0.1) is 11.3 Å². The summed E-state index contributed by atoms with van der Waals surface area (Å²) < 4.78 is 12.1. The molecule has 3 aromatic rings. The Morgan fingerprint density at radius 1 is 0.977 bits per heavy atom. The van der Waals surface area contributed by atoms with Crippen LogP contribution in [-0.4, -0.2) is 53.3 Å². The van der Waals surface area contributed by atoms with Gasteiger partial charge in [-0.25, -0.2) is 9.78 Å². The van der Waals surface area contributed by atoms with Crippen molar-refractivity contribution in [3.63, 3.8) is 0 Å². The van der Waals surface area contributed by atoms with Gasteiger partial charge in [0.25, 0.3) is 0 Å². The third-order valence-electron chi connectivity index (χ3n) is 7.42. The van der Waals surface area contributed by atoms with Crippen LogP contribution in [0.1, 0.15) is 80.3 Å². The minimum absolute atomic E-state index is 0.00221. The molecule has 43 heavy (non-hydrogen) atoms. The number of hydrogen-bond donors (Lipinski definition) is 0. The second-order valence-corrected chi connectivity index (χ2v) is 13.8. The SMILES string of the molecule is O=C(OCCCCCCCCCCc1ccccc1)c1csc(SCCN2C(=O)CC[C@@H]2COc2cc(Cl)cc(Cl)c2)n1. The van der Waals surface area contributed by atoms with Crippen LogP contribution in [0.5, 0.6) is 5.75 Å². The molecule has 2 aromatic carbocycles. The van der Waals surface area contributed by atoms with Crippen LogP contribution < -0.4 is 4.74 Å². The van der Waals surface area contributed by atoms with Gasteiger partial charge in [0.1, 0.15) is 12.4 Å². The number of hydrogen-bond acceptors (Lipinski definition) is 7. The highest BCUT2D eigenvalue weighted by Gasteiger charge is 2.31. The van der Waals surface area contributed by atoms with E-state index in [1.165, 1.54) is 61.8 Å². The first-order valence-electron chi connectivity index (χ1n) is 15.2. The molecular formula is C33H40Cl2N2O4S2. The van der Waals surface area contributed by atoms with Crippen molar-refractivity contribution in [3.8, 4) is 5.75 Å². The lowest BCUT2D eigenvalue weighted by atomic mass is 10.0. The van der Waals surface area contributed by atoms with Gasteiger partial charge in [-0.05, 0) is 49.4 Å². The highest BCUT2D eigenvalue weighted by molar-refractivity contribution is 8.01. The number of amides is 1. The maximum absolute atomic E-state index is 12.5. The summed E-state index contributed by atoms with van der Waals surface area (Å²) in [5.74, 6) is 1.03. The largest absolute Gasteiger partial charge is 0.491 e. The third-order valence-corrected chi connectivity index (χ3v) is 9.85. The molecule has 6 nitrogen and oxygen atoms in total. The van der Waals surface area contributed by atoms with Gasteiger partial charge in [0.05, 0.1) is 12.6 Å². The van der Waals surface area contributed by atoms with Crippen LogP contribution in [0, 0.1) is 0 Å². The molecule has 0 unspecified atom stereocenters. The highest BCUT2D eigenvalue weighted by Crippen LogP contribution is 2.28. The fraction of sp³-hybridized carbons (Fsp3) is 0.485.